The summed E-state index contributed by atoms with van der Waals surface area (Å²) >= 11 is 0. The van der Waals surface area contributed by atoms with Crippen LogP contribution in [0.5, 0.6) is 0 Å². The molecule has 1 heterocycles. The molecule has 0 unspecified atom stereocenters. The van der Waals surface area contributed by atoms with Crippen molar-refractivity contribution in [2.75, 3.05) is 0 Å². The number of aryl methyl sites for hydroxylation is 1. The summed E-state index contributed by atoms with van der Waals surface area (Å²) in [5, 5.41) is 0. The predicted molar refractivity (Wildman–Crippen MR) is 56.2 cm³/mol. The molecule has 0 N–H and O–H groups in total. The molecule has 2 nitrogen and oxygen atoms in total. The molecule has 1 aromatic heterocycles. The van der Waals surface area contributed by atoms with Crippen LogP contribution in [-0.2, 0) is 12.8 Å². The van der Waals surface area contributed by atoms with E-state index in [0.717, 1.165) is 30.9 Å². The van der Waals surface area contributed by atoms with Gasteiger partial charge in [-0.15, -0.1) is 0 Å². The van der Waals surface area contributed by atoms with E-state index >= 15 is 0 Å². The van der Waals surface area contributed by atoms with Crippen molar-refractivity contribution < 1.29 is 4.42 Å². The number of oxazole rings is 1. The minimum Gasteiger partial charge on any atom is -0.448 e. The van der Waals surface area contributed by atoms with Crippen LogP contribution in [0.2, 0.25) is 0 Å². The van der Waals surface area contributed by atoms with Crippen molar-refractivity contribution in [2.45, 2.75) is 51.9 Å². The van der Waals surface area contributed by atoms with E-state index in [2.05, 4.69) is 11.9 Å². The lowest BCUT2D eigenvalue weighted by Crippen LogP contribution is -2.00. The van der Waals surface area contributed by atoms with Crippen LogP contribution in [0.3, 0.4) is 0 Å². The Balaban J connectivity index is 1.96. The summed E-state index contributed by atoms with van der Waals surface area (Å²) in [7, 11) is 0. The fraction of sp³-hybridized carbons (Fsp3) is 0.750. The van der Waals surface area contributed by atoms with Gasteiger partial charge in [0.25, 0.3) is 0 Å². The van der Waals surface area contributed by atoms with Crippen LogP contribution < -0.4 is 0 Å². The van der Waals surface area contributed by atoms with E-state index in [4.69, 9.17) is 4.42 Å². The van der Waals surface area contributed by atoms with Gasteiger partial charge in [0.05, 0.1) is 5.69 Å². The van der Waals surface area contributed by atoms with Gasteiger partial charge in [0.1, 0.15) is 5.76 Å². The number of hydrogen-bond donors (Lipinski definition) is 0. The summed E-state index contributed by atoms with van der Waals surface area (Å²) in [6, 6.07) is 0. The van der Waals surface area contributed by atoms with Gasteiger partial charge in [-0.2, -0.15) is 0 Å². The van der Waals surface area contributed by atoms with Gasteiger partial charge in [-0.1, -0.05) is 39.0 Å². The highest BCUT2D eigenvalue weighted by Crippen LogP contribution is 2.28. The average molecular weight is 193 g/mol. The molecule has 0 saturated heterocycles. The third kappa shape index (κ3) is 2.17. The topological polar surface area (TPSA) is 26.0 Å². The molecule has 1 aliphatic carbocycles. The predicted octanol–water partition coefficient (Wildman–Crippen LogP) is 3.36. The summed E-state index contributed by atoms with van der Waals surface area (Å²) in [5.41, 5.74) is 1.19. The first-order chi connectivity index (χ1) is 6.90. The Morgan fingerprint density at radius 3 is 2.93 bits per heavy atom. The van der Waals surface area contributed by atoms with Crippen molar-refractivity contribution in [2.24, 2.45) is 5.92 Å². The van der Waals surface area contributed by atoms with Crippen LogP contribution >= 0.6 is 0 Å². The minimum absolute atomic E-state index is 0.860. The Labute approximate surface area is 85.7 Å². The van der Waals surface area contributed by atoms with E-state index in [9.17, 15) is 0 Å². The van der Waals surface area contributed by atoms with Gasteiger partial charge in [0.2, 0.25) is 0 Å². The van der Waals surface area contributed by atoms with Gasteiger partial charge in [0.15, 0.2) is 6.39 Å². The first-order valence-corrected chi connectivity index (χ1v) is 5.81. The number of nitrogens with zero attached hydrogens (tertiary/aromatic N) is 1. The van der Waals surface area contributed by atoms with Crippen LogP contribution in [0.1, 0.15) is 50.5 Å². The molecule has 2 heteroatoms. The van der Waals surface area contributed by atoms with Gasteiger partial charge >= 0.3 is 0 Å². The summed E-state index contributed by atoms with van der Waals surface area (Å²) in [4.78, 5) is 4.28. The molecular weight excluding hydrogens is 174 g/mol. The first kappa shape index (κ1) is 9.75. The SMILES string of the molecule is CCCc1ncoc1CC1CCCC1. The summed E-state index contributed by atoms with van der Waals surface area (Å²) < 4.78 is 5.47. The molecule has 14 heavy (non-hydrogen) atoms. The molecule has 1 aromatic rings. The zero-order chi connectivity index (χ0) is 9.80. The molecule has 0 amide bonds. The lowest BCUT2D eigenvalue weighted by atomic mass is 10.0. The molecule has 78 valence electrons. The van der Waals surface area contributed by atoms with Gasteiger partial charge < -0.3 is 4.42 Å². The molecule has 2 rings (SSSR count). The Morgan fingerprint density at radius 1 is 1.43 bits per heavy atom. The Morgan fingerprint density at radius 2 is 2.21 bits per heavy atom. The minimum atomic E-state index is 0.860. The molecule has 0 spiro atoms. The van der Waals surface area contributed by atoms with Gasteiger partial charge in [0, 0.05) is 6.42 Å². The van der Waals surface area contributed by atoms with Gasteiger partial charge in [-0.05, 0) is 12.3 Å². The van der Waals surface area contributed by atoms with Crippen LogP contribution in [0.4, 0.5) is 0 Å². The highest BCUT2D eigenvalue weighted by Gasteiger charge is 2.18. The summed E-state index contributed by atoms with van der Waals surface area (Å²) in [6.07, 6.45) is 10.5. The van der Waals surface area contributed by atoms with Crippen LogP contribution in [0.25, 0.3) is 0 Å². The lowest BCUT2D eigenvalue weighted by molar-refractivity contribution is 0.438. The Hall–Kier alpha value is -0.790. The number of hydrogen-bond acceptors (Lipinski definition) is 2. The van der Waals surface area contributed by atoms with Crippen molar-refractivity contribution in [3.63, 3.8) is 0 Å². The maximum atomic E-state index is 5.47. The van der Waals surface area contributed by atoms with Crippen LogP contribution in [0, 0.1) is 5.92 Å². The Bertz CT molecular complexity index is 274. The Kier molecular flexibility index (Phi) is 3.22. The van der Waals surface area contributed by atoms with Gasteiger partial charge in [-0.25, -0.2) is 4.98 Å². The van der Waals surface area contributed by atoms with Crippen molar-refractivity contribution in [3.05, 3.63) is 17.8 Å². The monoisotopic (exact) mass is 193 g/mol. The zero-order valence-electron chi connectivity index (χ0n) is 8.96. The highest BCUT2D eigenvalue weighted by atomic mass is 16.3. The number of rotatable bonds is 4. The van der Waals surface area contributed by atoms with Crippen LogP contribution in [-0.4, -0.2) is 4.98 Å². The van der Waals surface area contributed by atoms with Crippen molar-refractivity contribution in [1.29, 1.82) is 0 Å². The molecule has 0 aliphatic heterocycles. The quantitative estimate of drug-likeness (QED) is 0.732. The number of aromatic nitrogens is 1. The maximum absolute atomic E-state index is 5.47. The van der Waals surface area contributed by atoms with E-state index in [1.165, 1.54) is 31.4 Å². The van der Waals surface area contributed by atoms with Crippen molar-refractivity contribution in [1.82, 2.24) is 4.98 Å². The summed E-state index contributed by atoms with van der Waals surface area (Å²) in [5.74, 6) is 2.01. The molecule has 1 aliphatic rings. The third-order valence-corrected chi connectivity index (χ3v) is 3.16. The second kappa shape index (κ2) is 4.63. The smallest absolute Gasteiger partial charge is 0.181 e. The second-order valence-electron chi connectivity index (χ2n) is 4.33. The largest absolute Gasteiger partial charge is 0.448 e. The highest BCUT2D eigenvalue weighted by molar-refractivity contribution is 5.08. The zero-order valence-corrected chi connectivity index (χ0v) is 8.96. The van der Waals surface area contributed by atoms with E-state index in [0.29, 0.717) is 0 Å². The van der Waals surface area contributed by atoms with Gasteiger partial charge in [-0.3, -0.25) is 0 Å². The van der Waals surface area contributed by atoms with E-state index in [-0.39, 0.29) is 0 Å². The average Bonchev–Trinajstić information content (AvgIpc) is 2.80. The standard InChI is InChI=1S/C12H19NO/c1-2-5-11-12(14-9-13-11)8-10-6-3-4-7-10/h9-10H,2-8H2,1H3. The van der Waals surface area contributed by atoms with Crippen molar-refractivity contribution >= 4 is 0 Å². The lowest BCUT2D eigenvalue weighted by Gasteiger charge is -2.06. The molecule has 0 bridgehead atoms. The summed E-state index contributed by atoms with van der Waals surface area (Å²) in [6.45, 7) is 2.19. The third-order valence-electron chi connectivity index (χ3n) is 3.16. The molecule has 0 radical (unpaired) electrons. The second-order valence-corrected chi connectivity index (χ2v) is 4.33. The molecule has 1 fully saturated rings. The normalized spacial score (nSPS) is 17.8. The molecular formula is C12H19NO. The molecule has 0 aromatic carbocycles. The fourth-order valence-corrected chi connectivity index (χ4v) is 2.38. The first-order valence-electron chi connectivity index (χ1n) is 5.81. The fourth-order valence-electron chi connectivity index (χ4n) is 2.38. The van der Waals surface area contributed by atoms with E-state index in [1.54, 1.807) is 6.39 Å². The van der Waals surface area contributed by atoms with Crippen LogP contribution in [0.15, 0.2) is 10.8 Å². The van der Waals surface area contributed by atoms with E-state index in [1.807, 2.05) is 0 Å². The molecule has 0 atom stereocenters. The van der Waals surface area contributed by atoms with E-state index < -0.39 is 0 Å². The van der Waals surface area contributed by atoms with Crippen molar-refractivity contribution in [3.8, 4) is 0 Å². The maximum Gasteiger partial charge on any atom is 0.181 e. The molecule has 1 saturated carbocycles.